The summed E-state index contributed by atoms with van der Waals surface area (Å²) in [6, 6.07) is 17.1. The van der Waals surface area contributed by atoms with Crippen LogP contribution in [0, 0.1) is 0 Å². The number of likely N-dealkylation sites (tertiary alicyclic amines) is 1. The van der Waals surface area contributed by atoms with Gasteiger partial charge < -0.3 is 4.74 Å². The van der Waals surface area contributed by atoms with Crippen molar-refractivity contribution in [3.05, 3.63) is 64.7 Å². The summed E-state index contributed by atoms with van der Waals surface area (Å²) in [4.78, 5) is 2.59. The predicted octanol–water partition coefficient (Wildman–Crippen LogP) is 4.73. The fraction of sp³-hybridized carbons (Fsp3) is 0.368. The van der Waals surface area contributed by atoms with Gasteiger partial charge in [-0.15, -0.1) is 0 Å². The van der Waals surface area contributed by atoms with E-state index in [9.17, 15) is 0 Å². The van der Waals surface area contributed by atoms with E-state index in [-0.39, 0.29) is 0 Å². The van der Waals surface area contributed by atoms with E-state index < -0.39 is 0 Å². The summed E-state index contributed by atoms with van der Waals surface area (Å²) in [5, 5.41) is 0.797. The number of hydrogen-bond acceptors (Lipinski definition) is 2. The van der Waals surface area contributed by atoms with Crippen LogP contribution in [-0.4, -0.2) is 25.1 Å². The summed E-state index contributed by atoms with van der Waals surface area (Å²) < 4.78 is 5.28. The van der Waals surface area contributed by atoms with Crippen LogP contribution in [-0.2, 0) is 6.42 Å². The second-order valence-electron chi connectivity index (χ2n) is 5.86. The maximum Gasteiger partial charge on any atom is 0.118 e. The Bertz CT molecular complexity index is 588. The molecule has 1 heterocycles. The molecule has 2 aromatic carbocycles. The number of hydrogen-bond donors (Lipinski definition) is 0. The zero-order valence-corrected chi connectivity index (χ0v) is 13.7. The van der Waals surface area contributed by atoms with E-state index in [0.29, 0.717) is 6.04 Å². The molecule has 1 aliphatic rings. The molecule has 0 amide bonds. The van der Waals surface area contributed by atoms with Crippen molar-refractivity contribution in [3.8, 4) is 5.75 Å². The average molecular weight is 316 g/mol. The molecule has 116 valence electrons. The molecule has 1 fully saturated rings. The molecule has 1 saturated heterocycles. The van der Waals surface area contributed by atoms with Crippen LogP contribution >= 0.6 is 11.6 Å². The normalized spacial score (nSPS) is 16.6. The first-order valence-electron chi connectivity index (χ1n) is 7.89. The third kappa shape index (κ3) is 3.63. The Labute approximate surface area is 137 Å². The van der Waals surface area contributed by atoms with Gasteiger partial charge >= 0.3 is 0 Å². The van der Waals surface area contributed by atoms with Gasteiger partial charge in [-0.1, -0.05) is 35.9 Å². The first-order valence-corrected chi connectivity index (χ1v) is 8.26. The van der Waals surface area contributed by atoms with E-state index in [1.807, 2.05) is 12.1 Å². The van der Waals surface area contributed by atoms with Gasteiger partial charge in [-0.3, -0.25) is 4.90 Å². The van der Waals surface area contributed by atoms with Crippen molar-refractivity contribution in [1.82, 2.24) is 4.90 Å². The quantitative estimate of drug-likeness (QED) is 0.791. The molecule has 2 aromatic rings. The van der Waals surface area contributed by atoms with Gasteiger partial charge in [-0.2, -0.15) is 0 Å². The molecule has 3 rings (SSSR count). The van der Waals surface area contributed by atoms with Crippen LogP contribution in [0.1, 0.15) is 30.0 Å². The lowest BCUT2D eigenvalue weighted by Gasteiger charge is -2.28. The van der Waals surface area contributed by atoms with E-state index in [1.165, 1.54) is 37.1 Å². The van der Waals surface area contributed by atoms with Crippen LogP contribution in [0.15, 0.2) is 48.5 Å². The van der Waals surface area contributed by atoms with E-state index in [1.54, 1.807) is 7.11 Å². The van der Waals surface area contributed by atoms with E-state index in [0.717, 1.165) is 17.2 Å². The maximum absolute atomic E-state index is 6.00. The van der Waals surface area contributed by atoms with Crippen LogP contribution in [0.4, 0.5) is 0 Å². The number of halogens is 1. The summed E-state index contributed by atoms with van der Waals surface area (Å²) >= 11 is 6.00. The molecule has 0 N–H and O–H groups in total. The highest BCUT2D eigenvalue weighted by atomic mass is 35.5. The van der Waals surface area contributed by atoms with E-state index >= 15 is 0 Å². The maximum atomic E-state index is 6.00. The van der Waals surface area contributed by atoms with Gasteiger partial charge in [-0.05, 0) is 67.7 Å². The van der Waals surface area contributed by atoms with Crippen LogP contribution in [0.25, 0.3) is 0 Å². The Morgan fingerprint density at radius 3 is 2.23 bits per heavy atom. The standard InChI is InChI=1S/C19H22ClNO/c1-22-18-10-6-16(7-11-18)19(21-12-2-3-13-21)14-15-4-8-17(20)9-5-15/h4-11,19H,2-3,12-14H2,1H3. The Kier molecular flexibility index (Phi) is 5.01. The zero-order chi connectivity index (χ0) is 15.4. The highest BCUT2D eigenvalue weighted by Crippen LogP contribution is 2.30. The van der Waals surface area contributed by atoms with Gasteiger partial charge in [0.2, 0.25) is 0 Å². The second kappa shape index (κ2) is 7.17. The van der Waals surface area contributed by atoms with Crippen LogP contribution in [0.3, 0.4) is 0 Å². The molecule has 2 nitrogen and oxygen atoms in total. The van der Waals surface area contributed by atoms with Crippen molar-refractivity contribution in [1.29, 1.82) is 0 Å². The van der Waals surface area contributed by atoms with Gasteiger partial charge in [0.25, 0.3) is 0 Å². The number of benzene rings is 2. The van der Waals surface area contributed by atoms with Gasteiger partial charge in [0, 0.05) is 11.1 Å². The lowest BCUT2D eigenvalue weighted by atomic mass is 9.97. The molecule has 0 aliphatic carbocycles. The Morgan fingerprint density at radius 1 is 1.00 bits per heavy atom. The average Bonchev–Trinajstić information content (AvgIpc) is 3.09. The molecule has 1 aliphatic heterocycles. The molecule has 3 heteroatoms. The van der Waals surface area contributed by atoms with Crippen molar-refractivity contribution in [2.75, 3.05) is 20.2 Å². The Balaban J connectivity index is 1.83. The number of rotatable bonds is 5. The minimum atomic E-state index is 0.426. The monoisotopic (exact) mass is 315 g/mol. The molecule has 1 atom stereocenters. The fourth-order valence-electron chi connectivity index (χ4n) is 3.18. The Hall–Kier alpha value is -1.51. The summed E-state index contributed by atoms with van der Waals surface area (Å²) in [5.41, 5.74) is 2.69. The third-order valence-electron chi connectivity index (χ3n) is 4.42. The van der Waals surface area contributed by atoms with Crippen LogP contribution in [0.2, 0.25) is 5.02 Å². The topological polar surface area (TPSA) is 12.5 Å². The molecule has 1 unspecified atom stereocenters. The molecular formula is C19H22ClNO. The molecule has 0 bridgehead atoms. The molecule has 0 saturated carbocycles. The highest BCUT2D eigenvalue weighted by Gasteiger charge is 2.23. The van der Waals surface area contributed by atoms with Gasteiger partial charge in [0.1, 0.15) is 5.75 Å². The second-order valence-corrected chi connectivity index (χ2v) is 6.30. The largest absolute Gasteiger partial charge is 0.497 e. The first-order chi connectivity index (χ1) is 10.8. The smallest absolute Gasteiger partial charge is 0.118 e. The van der Waals surface area contributed by atoms with Crippen LogP contribution in [0.5, 0.6) is 5.75 Å². The van der Waals surface area contributed by atoms with E-state index in [4.69, 9.17) is 16.3 Å². The molecular weight excluding hydrogens is 294 g/mol. The SMILES string of the molecule is COc1ccc(C(Cc2ccc(Cl)cc2)N2CCCC2)cc1. The zero-order valence-electron chi connectivity index (χ0n) is 13.0. The fourth-order valence-corrected chi connectivity index (χ4v) is 3.31. The van der Waals surface area contributed by atoms with E-state index in [2.05, 4.69) is 41.3 Å². The summed E-state index contributed by atoms with van der Waals surface area (Å²) in [5.74, 6) is 0.912. The Morgan fingerprint density at radius 2 is 1.64 bits per heavy atom. The van der Waals surface area contributed by atoms with Gasteiger partial charge in [0.05, 0.1) is 7.11 Å². The molecule has 0 aromatic heterocycles. The van der Waals surface area contributed by atoms with Gasteiger partial charge in [-0.25, -0.2) is 0 Å². The van der Waals surface area contributed by atoms with Crippen molar-refractivity contribution in [2.24, 2.45) is 0 Å². The minimum absolute atomic E-state index is 0.426. The molecule has 0 radical (unpaired) electrons. The molecule has 22 heavy (non-hydrogen) atoms. The van der Waals surface area contributed by atoms with Crippen molar-refractivity contribution >= 4 is 11.6 Å². The summed E-state index contributed by atoms with van der Waals surface area (Å²) in [7, 11) is 1.71. The number of ether oxygens (including phenoxy) is 1. The summed E-state index contributed by atoms with van der Waals surface area (Å²) in [6.07, 6.45) is 3.62. The summed E-state index contributed by atoms with van der Waals surface area (Å²) in [6.45, 7) is 2.37. The van der Waals surface area contributed by atoms with Crippen molar-refractivity contribution in [2.45, 2.75) is 25.3 Å². The lowest BCUT2D eigenvalue weighted by molar-refractivity contribution is 0.244. The molecule has 0 spiro atoms. The van der Waals surface area contributed by atoms with Crippen LogP contribution < -0.4 is 4.74 Å². The highest BCUT2D eigenvalue weighted by molar-refractivity contribution is 6.30. The first kappa shape index (κ1) is 15.4. The van der Waals surface area contributed by atoms with Gasteiger partial charge in [0.15, 0.2) is 0 Å². The lowest BCUT2D eigenvalue weighted by Crippen LogP contribution is -2.27. The van der Waals surface area contributed by atoms with Crippen molar-refractivity contribution in [3.63, 3.8) is 0 Å². The number of methoxy groups -OCH3 is 1. The third-order valence-corrected chi connectivity index (χ3v) is 4.68. The van der Waals surface area contributed by atoms with Crippen molar-refractivity contribution < 1.29 is 4.74 Å². The predicted molar refractivity (Wildman–Crippen MR) is 91.7 cm³/mol. The minimum Gasteiger partial charge on any atom is -0.497 e. The number of nitrogens with zero attached hydrogens (tertiary/aromatic N) is 1.